The number of benzene rings is 1. The van der Waals surface area contributed by atoms with Crippen molar-refractivity contribution < 1.29 is 9.18 Å². The summed E-state index contributed by atoms with van der Waals surface area (Å²) >= 11 is 6.20. The lowest BCUT2D eigenvalue weighted by Gasteiger charge is -2.33. The summed E-state index contributed by atoms with van der Waals surface area (Å²) in [6.07, 6.45) is 2.07. The Morgan fingerprint density at radius 3 is 2.83 bits per heavy atom. The van der Waals surface area contributed by atoms with Crippen molar-refractivity contribution in [3.8, 4) is 6.07 Å². The Labute approximate surface area is 171 Å². The summed E-state index contributed by atoms with van der Waals surface area (Å²) in [7, 11) is 0. The summed E-state index contributed by atoms with van der Waals surface area (Å²) in [5, 5.41) is 12.2. The van der Waals surface area contributed by atoms with E-state index in [1.54, 1.807) is 0 Å². The summed E-state index contributed by atoms with van der Waals surface area (Å²) in [5.74, 6) is -2.93. The van der Waals surface area contributed by atoms with E-state index in [-0.39, 0.29) is 22.0 Å². The van der Waals surface area contributed by atoms with Gasteiger partial charge in [0.25, 0.3) is 5.56 Å². The fraction of sp³-hybridized carbons (Fsp3) is 0.400. The van der Waals surface area contributed by atoms with Gasteiger partial charge in [-0.3, -0.25) is 14.6 Å². The lowest BCUT2D eigenvalue weighted by Crippen LogP contribution is -2.41. The lowest BCUT2D eigenvalue weighted by molar-refractivity contribution is -0.119. The number of nitrogens with one attached hydrogen (secondary N) is 2. The average Bonchev–Trinajstić information content (AvgIpc) is 2.67. The minimum atomic E-state index is -1.30. The van der Waals surface area contributed by atoms with Crippen LogP contribution in [-0.4, -0.2) is 29.0 Å². The first-order chi connectivity index (χ1) is 13.9. The lowest BCUT2D eigenvalue weighted by atomic mass is 9.79. The molecule has 0 bridgehead atoms. The molecule has 1 saturated heterocycles. The van der Waals surface area contributed by atoms with Gasteiger partial charge in [-0.05, 0) is 30.9 Å². The van der Waals surface area contributed by atoms with Crippen LogP contribution in [0.5, 0.6) is 0 Å². The number of hydrogen-bond donors (Lipinski definition) is 2. The summed E-state index contributed by atoms with van der Waals surface area (Å²) in [6.45, 7) is 3.60. The molecule has 2 aromatic rings. The molecule has 3 unspecified atom stereocenters. The molecule has 0 aliphatic carbocycles. The maximum Gasteiger partial charge on any atom is 0.258 e. The number of nitriles is 1. The molecule has 2 aliphatic heterocycles. The van der Waals surface area contributed by atoms with Crippen LogP contribution in [0.2, 0.25) is 5.02 Å². The Kier molecular flexibility index (Phi) is 5.01. The number of amides is 1. The minimum Gasteiger partial charge on any atom is -0.342 e. The standard InChI is InChI=1S/C20H19ClFN5O2/c1-10-4-3-7-27(9-10)20-25-17-16(19(29)26-20)14(11(8-23)18(28)24-17)15-12(21)5-2-6-13(15)22/h2,5-6,10-11,14H,3-4,7,9H2,1H3,(H2,24,25,26,28,29). The van der Waals surface area contributed by atoms with Crippen LogP contribution >= 0.6 is 11.6 Å². The van der Waals surface area contributed by atoms with Gasteiger partial charge >= 0.3 is 0 Å². The first kappa shape index (κ1) is 19.4. The van der Waals surface area contributed by atoms with Crippen molar-refractivity contribution in [3.05, 3.63) is 50.5 Å². The summed E-state index contributed by atoms with van der Waals surface area (Å²) in [6, 6.07) is 5.96. The quantitative estimate of drug-likeness (QED) is 0.784. The number of piperidine rings is 1. The number of H-pyrrole nitrogens is 1. The third-order valence-corrected chi connectivity index (χ3v) is 5.85. The molecule has 150 valence electrons. The maximum absolute atomic E-state index is 14.6. The number of nitrogens with zero attached hydrogens (tertiary/aromatic N) is 3. The van der Waals surface area contributed by atoms with E-state index in [0.29, 0.717) is 11.9 Å². The van der Waals surface area contributed by atoms with Crippen LogP contribution in [0.15, 0.2) is 23.0 Å². The number of aromatic nitrogens is 2. The van der Waals surface area contributed by atoms with Gasteiger partial charge in [-0.1, -0.05) is 24.6 Å². The number of carbonyl (C=O) groups excluding carboxylic acids is 1. The van der Waals surface area contributed by atoms with Crippen molar-refractivity contribution >= 4 is 29.3 Å². The van der Waals surface area contributed by atoms with Gasteiger partial charge in [0.15, 0.2) is 0 Å². The molecule has 9 heteroatoms. The van der Waals surface area contributed by atoms with E-state index in [1.165, 1.54) is 18.2 Å². The van der Waals surface area contributed by atoms with Crippen LogP contribution in [0.3, 0.4) is 0 Å². The van der Waals surface area contributed by atoms with E-state index >= 15 is 0 Å². The Bertz CT molecular complexity index is 1060. The topological polar surface area (TPSA) is 102 Å². The van der Waals surface area contributed by atoms with Crippen molar-refractivity contribution in [3.63, 3.8) is 0 Å². The number of aromatic amines is 1. The van der Waals surface area contributed by atoms with E-state index in [1.807, 2.05) is 11.0 Å². The molecule has 2 aliphatic rings. The number of carbonyl (C=O) groups is 1. The second-order valence-electron chi connectivity index (χ2n) is 7.55. The molecular formula is C20H19ClFN5O2. The van der Waals surface area contributed by atoms with E-state index in [2.05, 4.69) is 22.2 Å². The molecule has 2 N–H and O–H groups in total. The van der Waals surface area contributed by atoms with Crippen molar-refractivity contribution in [1.29, 1.82) is 5.26 Å². The number of fused-ring (bicyclic) bond motifs is 1. The second kappa shape index (κ2) is 7.48. The number of halogens is 2. The molecule has 7 nitrogen and oxygen atoms in total. The number of rotatable bonds is 2. The van der Waals surface area contributed by atoms with Gasteiger partial charge in [0.2, 0.25) is 11.9 Å². The van der Waals surface area contributed by atoms with Crippen LogP contribution in [-0.2, 0) is 4.79 Å². The Morgan fingerprint density at radius 1 is 1.34 bits per heavy atom. The Balaban J connectivity index is 1.88. The Morgan fingerprint density at radius 2 is 2.14 bits per heavy atom. The summed E-state index contributed by atoms with van der Waals surface area (Å²) in [4.78, 5) is 34.8. The van der Waals surface area contributed by atoms with Crippen LogP contribution in [0.1, 0.15) is 36.8 Å². The molecule has 1 aromatic heterocycles. The van der Waals surface area contributed by atoms with Crippen molar-refractivity contribution in [2.75, 3.05) is 23.3 Å². The molecule has 0 radical (unpaired) electrons. The third kappa shape index (κ3) is 3.36. The molecular weight excluding hydrogens is 397 g/mol. The zero-order chi connectivity index (χ0) is 20.7. The van der Waals surface area contributed by atoms with Gasteiger partial charge in [-0.15, -0.1) is 0 Å². The van der Waals surface area contributed by atoms with Crippen molar-refractivity contribution in [1.82, 2.24) is 9.97 Å². The van der Waals surface area contributed by atoms with Gasteiger partial charge < -0.3 is 10.2 Å². The van der Waals surface area contributed by atoms with Gasteiger partial charge in [0.1, 0.15) is 17.6 Å². The highest BCUT2D eigenvalue weighted by atomic mass is 35.5. The summed E-state index contributed by atoms with van der Waals surface area (Å²) in [5.41, 5.74) is -0.534. The predicted molar refractivity (Wildman–Crippen MR) is 106 cm³/mol. The van der Waals surface area contributed by atoms with E-state index in [9.17, 15) is 19.2 Å². The fourth-order valence-electron chi connectivity index (χ4n) is 4.15. The molecule has 1 fully saturated rings. The van der Waals surface area contributed by atoms with Crippen molar-refractivity contribution in [2.24, 2.45) is 11.8 Å². The highest BCUT2D eigenvalue weighted by Crippen LogP contribution is 2.42. The SMILES string of the molecule is CC1CCCN(c2nc3c(c(=O)[nH]2)C(c2c(F)cccc2Cl)C(C#N)C(=O)N3)C1. The van der Waals surface area contributed by atoms with Gasteiger partial charge in [-0.2, -0.15) is 10.2 Å². The highest BCUT2D eigenvalue weighted by Gasteiger charge is 2.42. The van der Waals surface area contributed by atoms with Gasteiger partial charge in [0.05, 0.1) is 11.6 Å². The monoisotopic (exact) mass is 415 g/mol. The van der Waals surface area contributed by atoms with E-state index in [4.69, 9.17) is 11.6 Å². The van der Waals surface area contributed by atoms with E-state index < -0.39 is 29.1 Å². The zero-order valence-electron chi connectivity index (χ0n) is 15.7. The predicted octanol–water partition coefficient (Wildman–Crippen LogP) is 3.02. The fourth-order valence-corrected chi connectivity index (χ4v) is 4.43. The molecule has 3 heterocycles. The van der Waals surface area contributed by atoms with Crippen LogP contribution in [0, 0.1) is 29.0 Å². The molecule has 0 spiro atoms. The Hall–Kier alpha value is -2.92. The molecule has 1 aromatic carbocycles. The first-order valence-corrected chi connectivity index (χ1v) is 9.82. The number of hydrogen-bond acceptors (Lipinski definition) is 5. The van der Waals surface area contributed by atoms with Crippen molar-refractivity contribution in [2.45, 2.75) is 25.7 Å². The first-order valence-electron chi connectivity index (χ1n) is 9.44. The molecule has 29 heavy (non-hydrogen) atoms. The summed E-state index contributed by atoms with van der Waals surface area (Å²) < 4.78 is 14.6. The van der Waals surface area contributed by atoms with Crippen LogP contribution in [0.25, 0.3) is 0 Å². The van der Waals surface area contributed by atoms with Gasteiger partial charge in [0, 0.05) is 29.6 Å². The average molecular weight is 416 g/mol. The normalized spacial score (nSPS) is 23.9. The molecule has 3 atom stereocenters. The smallest absolute Gasteiger partial charge is 0.258 e. The highest BCUT2D eigenvalue weighted by molar-refractivity contribution is 6.31. The van der Waals surface area contributed by atoms with Crippen LogP contribution < -0.4 is 15.8 Å². The molecule has 1 amide bonds. The third-order valence-electron chi connectivity index (χ3n) is 5.52. The van der Waals surface area contributed by atoms with Crippen LogP contribution in [0.4, 0.5) is 16.2 Å². The molecule has 0 saturated carbocycles. The molecule has 4 rings (SSSR count). The van der Waals surface area contributed by atoms with E-state index in [0.717, 1.165) is 25.9 Å². The second-order valence-corrected chi connectivity index (χ2v) is 7.96. The number of anilines is 2. The van der Waals surface area contributed by atoms with Gasteiger partial charge in [-0.25, -0.2) is 4.39 Å². The zero-order valence-corrected chi connectivity index (χ0v) is 16.5. The minimum absolute atomic E-state index is 0.0388. The maximum atomic E-state index is 14.6. The largest absolute Gasteiger partial charge is 0.342 e.